The highest BCUT2D eigenvalue weighted by molar-refractivity contribution is 5.79. The van der Waals surface area contributed by atoms with E-state index in [4.69, 9.17) is 0 Å². The van der Waals surface area contributed by atoms with Crippen LogP contribution < -0.4 is 4.90 Å². The molecule has 0 unspecified atom stereocenters. The zero-order valence-corrected chi connectivity index (χ0v) is 15.6. The van der Waals surface area contributed by atoms with Crippen LogP contribution in [0.2, 0.25) is 0 Å². The summed E-state index contributed by atoms with van der Waals surface area (Å²) in [5, 5.41) is 4.50. The van der Waals surface area contributed by atoms with Crippen molar-refractivity contribution in [2.45, 2.75) is 25.2 Å². The van der Waals surface area contributed by atoms with Crippen LogP contribution in [0.15, 0.2) is 42.6 Å². The topological polar surface area (TPSA) is 53.7 Å². The van der Waals surface area contributed by atoms with Gasteiger partial charge in [0.05, 0.1) is 6.42 Å². The fourth-order valence-electron chi connectivity index (χ4n) is 3.80. The van der Waals surface area contributed by atoms with Crippen molar-refractivity contribution in [2.75, 3.05) is 31.1 Å². The van der Waals surface area contributed by atoms with Crippen molar-refractivity contribution in [2.24, 2.45) is 0 Å². The molecule has 3 heterocycles. The predicted molar refractivity (Wildman–Crippen MR) is 104 cm³/mol. The molecule has 1 saturated heterocycles. The molecule has 1 amide bonds. The number of nitrogens with zero attached hydrogens (tertiary/aromatic N) is 5. The van der Waals surface area contributed by atoms with Crippen LogP contribution in [0.4, 0.5) is 10.3 Å². The van der Waals surface area contributed by atoms with Crippen LogP contribution in [-0.2, 0) is 11.2 Å². The fraction of sp³-hybridized carbons (Fsp3) is 0.381. The normalized spacial score (nSPS) is 17.3. The number of aromatic nitrogens is 3. The number of hydrogen-bond acceptors (Lipinski definition) is 4. The monoisotopic (exact) mass is 379 g/mol. The summed E-state index contributed by atoms with van der Waals surface area (Å²) < 4.78 is 16.0. The SMILES string of the molecule is O=C(Cc1ccc(C2CC2)c(F)c1)N1CCN(c2nc3ccccn3n2)CC1. The number of fused-ring (bicyclic) bond motifs is 1. The summed E-state index contributed by atoms with van der Waals surface area (Å²) in [6, 6.07) is 11.0. The summed E-state index contributed by atoms with van der Waals surface area (Å²) in [6.45, 7) is 2.63. The van der Waals surface area contributed by atoms with E-state index in [9.17, 15) is 9.18 Å². The van der Waals surface area contributed by atoms with E-state index in [2.05, 4.69) is 15.0 Å². The lowest BCUT2D eigenvalue weighted by Crippen LogP contribution is -2.49. The Balaban J connectivity index is 1.20. The van der Waals surface area contributed by atoms with Gasteiger partial charge in [-0.3, -0.25) is 4.79 Å². The van der Waals surface area contributed by atoms with Gasteiger partial charge in [0.15, 0.2) is 5.65 Å². The number of rotatable bonds is 4. The quantitative estimate of drug-likeness (QED) is 0.699. The molecule has 1 aliphatic carbocycles. The Labute approximate surface area is 162 Å². The number of benzene rings is 1. The van der Waals surface area contributed by atoms with E-state index in [1.54, 1.807) is 4.52 Å². The van der Waals surface area contributed by atoms with Crippen molar-refractivity contribution >= 4 is 17.5 Å². The van der Waals surface area contributed by atoms with Gasteiger partial charge in [0.1, 0.15) is 5.82 Å². The molecule has 6 nitrogen and oxygen atoms in total. The van der Waals surface area contributed by atoms with Gasteiger partial charge in [-0.15, -0.1) is 5.10 Å². The lowest BCUT2D eigenvalue weighted by atomic mass is 10.0. The molecular formula is C21H22FN5O. The number of carbonyl (C=O) groups excluding carboxylic acids is 1. The molecule has 0 bridgehead atoms. The van der Waals surface area contributed by atoms with Gasteiger partial charge in [-0.05, 0) is 48.1 Å². The van der Waals surface area contributed by atoms with Crippen LogP contribution in [0.1, 0.15) is 29.9 Å². The standard InChI is InChI=1S/C21H22FN5O/c22-18-13-15(4-7-17(18)16-5-6-16)14-20(28)25-9-11-26(12-10-25)21-23-19-3-1-2-8-27(19)24-21/h1-4,7-8,13,16H,5-6,9-12,14H2. The molecule has 2 aliphatic rings. The molecule has 144 valence electrons. The molecule has 0 N–H and O–H groups in total. The molecular weight excluding hydrogens is 357 g/mol. The maximum Gasteiger partial charge on any atom is 0.245 e. The maximum atomic E-state index is 14.2. The van der Waals surface area contributed by atoms with Gasteiger partial charge >= 0.3 is 0 Å². The molecule has 0 radical (unpaired) electrons. The molecule has 7 heteroatoms. The summed E-state index contributed by atoms with van der Waals surface area (Å²) >= 11 is 0. The summed E-state index contributed by atoms with van der Waals surface area (Å²) in [7, 11) is 0. The van der Waals surface area contributed by atoms with Crippen molar-refractivity contribution in [3.8, 4) is 0 Å². The van der Waals surface area contributed by atoms with Gasteiger partial charge in [0.2, 0.25) is 11.9 Å². The molecule has 28 heavy (non-hydrogen) atoms. The van der Waals surface area contributed by atoms with E-state index in [1.165, 1.54) is 6.07 Å². The molecule has 3 aromatic rings. The Morgan fingerprint density at radius 1 is 1.11 bits per heavy atom. The van der Waals surface area contributed by atoms with Crippen LogP contribution in [0.25, 0.3) is 5.65 Å². The Morgan fingerprint density at radius 3 is 2.64 bits per heavy atom. The van der Waals surface area contributed by atoms with E-state index in [-0.39, 0.29) is 18.1 Å². The largest absolute Gasteiger partial charge is 0.339 e. The predicted octanol–water partition coefficient (Wildman–Crippen LogP) is 2.64. The lowest BCUT2D eigenvalue weighted by Gasteiger charge is -2.34. The maximum absolute atomic E-state index is 14.2. The van der Waals surface area contributed by atoms with Crippen LogP contribution in [0.3, 0.4) is 0 Å². The third-order valence-electron chi connectivity index (χ3n) is 5.58. The number of carbonyl (C=O) groups is 1. The average Bonchev–Trinajstić information content (AvgIpc) is 3.45. The smallest absolute Gasteiger partial charge is 0.245 e. The number of piperazine rings is 1. The highest BCUT2D eigenvalue weighted by Crippen LogP contribution is 2.41. The van der Waals surface area contributed by atoms with Crippen LogP contribution >= 0.6 is 0 Å². The van der Waals surface area contributed by atoms with Gasteiger partial charge in [0.25, 0.3) is 0 Å². The first kappa shape index (κ1) is 17.2. The second kappa shape index (κ2) is 6.89. The van der Waals surface area contributed by atoms with Crippen molar-refractivity contribution in [3.05, 3.63) is 59.5 Å². The average molecular weight is 379 g/mol. The zero-order valence-electron chi connectivity index (χ0n) is 15.6. The van der Waals surface area contributed by atoms with Crippen molar-refractivity contribution in [1.29, 1.82) is 0 Å². The Bertz CT molecular complexity index is 988. The summed E-state index contributed by atoms with van der Waals surface area (Å²) in [4.78, 5) is 21.1. The number of anilines is 1. The highest BCUT2D eigenvalue weighted by Gasteiger charge is 2.27. The number of halogens is 1. The molecule has 0 atom stereocenters. The molecule has 1 aromatic carbocycles. The minimum atomic E-state index is -0.171. The van der Waals surface area contributed by atoms with E-state index in [0.29, 0.717) is 38.0 Å². The summed E-state index contributed by atoms with van der Waals surface area (Å²) in [5.41, 5.74) is 2.36. The molecule has 1 saturated carbocycles. The minimum absolute atomic E-state index is 0.0428. The minimum Gasteiger partial charge on any atom is -0.339 e. The first-order valence-electron chi connectivity index (χ1n) is 9.80. The lowest BCUT2D eigenvalue weighted by molar-refractivity contribution is -0.130. The van der Waals surface area contributed by atoms with Crippen LogP contribution in [0, 0.1) is 5.82 Å². The van der Waals surface area contributed by atoms with Crippen molar-refractivity contribution in [3.63, 3.8) is 0 Å². The first-order valence-corrected chi connectivity index (χ1v) is 9.80. The van der Waals surface area contributed by atoms with Crippen molar-refractivity contribution < 1.29 is 9.18 Å². The molecule has 2 fully saturated rings. The zero-order chi connectivity index (χ0) is 19.1. The van der Waals surface area contributed by atoms with Gasteiger partial charge in [-0.2, -0.15) is 4.98 Å². The molecule has 0 spiro atoms. The Morgan fingerprint density at radius 2 is 1.93 bits per heavy atom. The van der Waals surface area contributed by atoms with Crippen molar-refractivity contribution in [1.82, 2.24) is 19.5 Å². The number of pyridine rings is 1. The third-order valence-corrected chi connectivity index (χ3v) is 5.58. The van der Waals surface area contributed by atoms with Crippen LogP contribution in [0.5, 0.6) is 0 Å². The van der Waals surface area contributed by atoms with E-state index in [0.717, 1.165) is 29.6 Å². The third kappa shape index (κ3) is 3.32. The summed E-state index contributed by atoms with van der Waals surface area (Å²) in [6.07, 6.45) is 4.26. The number of hydrogen-bond donors (Lipinski definition) is 0. The molecule has 2 aromatic heterocycles. The molecule has 1 aliphatic heterocycles. The number of amides is 1. The highest BCUT2D eigenvalue weighted by atomic mass is 19.1. The van der Waals surface area contributed by atoms with Gasteiger partial charge in [0, 0.05) is 32.4 Å². The Hall–Kier alpha value is -2.96. The second-order valence-corrected chi connectivity index (χ2v) is 7.59. The van der Waals surface area contributed by atoms with Crippen LogP contribution in [-0.4, -0.2) is 51.6 Å². The fourth-order valence-corrected chi connectivity index (χ4v) is 3.80. The Kier molecular flexibility index (Phi) is 4.22. The van der Waals surface area contributed by atoms with Gasteiger partial charge in [-0.1, -0.05) is 18.2 Å². The van der Waals surface area contributed by atoms with E-state index in [1.807, 2.05) is 41.4 Å². The first-order chi connectivity index (χ1) is 13.7. The molecule has 5 rings (SSSR count). The summed E-state index contributed by atoms with van der Waals surface area (Å²) in [5.74, 6) is 0.943. The second-order valence-electron chi connectivity index (χ2n) is 7.59. The van der Waals surface area contributed by atoms with E-state index < -0.39 is 0 Å². The van der Waals surface area contributed by atoms with E-state index >= 15 is 0 Å². The van der Waals surface area contributed by atoms with Gasteiger partial charge < -0.3 is 9.80 Å². The van der Waals surface area contributed by atoms with Gasteiger partial charge in [-0.25, -0.2) is 8.91 Å².